The molecule has 1 atom stereocenters. The number of benzene rings is 1. The predicted octanol–water partition coefficient (Wildman–Crippen LogP) is 2.75. The van der Waals surface area contributed by atoms with Crippen LogP contribution in [0.5, 0.6) is 0 Å². The van der Waals surface area contributed by atoms with Crippen molar-refractivity contribution >= 4 is 48.5 Å². The standard InChI is InChI=1S/C12H12BrN3OS/c13-7-1-3-10-9(5-7)16-12(18-10)14-6-8-2-4-11(17)15-8/h1,3,5,8H,2,4,6H2,(H,14,16)(H,15,17). The average Bonchev–Trinajstić information content (AvgIpc) is 2.92. The number of hydrogen-bond acceptors (Lipinski definition) is 4. The van der Waals surface area contributed by atoms with E-state index in [9.17, 15) is 4.79 Å². The van der Waals surface area contributed by atoms with E-state index in [4.69, 9.17) is 0 Å². The Morgan fingerprint density at radius 1 is 1.56 bits per heavy atom. The van der Waals surface area contributed by atoms with Crippen molar-refractivity contribution in [2.45, 2.75) is 18.9 Å². The monoisotopic (exact) mass is 325 g/mol. The van der Waals surface area contributed by atoms with Gasteiger partial charge in [-0.3, -0.25) is 4.79 Å². The summed E-state index contributed by atoms with van der Waals surface area (Å²) in [6.45, 7) is 0.743. The molecule has 1 amide bonds. The summed E-state index contributed by atoms with van der Waals surface area (Å²) in [6, 6.07) is 6.31. The zero-order valence-corrected chi connectivity index (χ0v) is 12.0. The van der Waals surface area contributed by atoms with Crippen molar-refractivity contribution in [3.05, 3.63) is 22.7 Å². The second-order valence-electron chi connectivity index (χ2n) is 4.32. The molecule has 2 heterocycles. The number of amides is 1. The van der Waals surface area contributed by atoms with Gasteiger partial charge in [-0.1, -0.05) is 27.3 Å². The van der Waals surface area contributed by atoms with E-state index in [0.717, 1.165) is 32.8 Å². The lowest BCUT2D eigenvalue weighted by Crippen LogP contribution is -2.31. The van der Waals surface area contributed by atoms with Gasteiger partial charge in [0.05, 0.1) is 10.2 Å². The third-order valence-electron chi connectivity index (χ3n) is 2.93. The van der Waals surface area contributed by atoms with Gasteiger partial charge in [0.1, 0.15) is 0 Å². The molecule has 4 nitrogen and oxygen atoms in total. The number of fused-ring (bicyclic) bond motifs is 1. The molecule has 94 valence electrons. The zero-order valence-electron chi connectivity index (χ0n) is 9.57. The maximum atomic E-state index is 11.1. The second kappa shape index (κ2) is 4.85. The predicted molar refractivity (Wildman–Crippen MR) is 77.0 cm³/mol. The van der Waals surface area contributed by atoms with E-state index in [1.165, 1.54) is 0 Å². The number of aromatic nitrogens is 1. The van der Waals surface area contributed by atoms with Crippen LogP contribution in [0.4, 0.5) is 5.13 Å². The van der Waals surface area contributed by atoms with E-state index in [-0.39, 0.29) is 11.9 Å². The van der Waals surface area contributed by atoms with Crippen LogP contribution in [0.2, 0.25) is 0 Å². The number of anilines is 1. The molecule has 1 unspecified atom stereocenters. The van der Waals surface area contributed by atoms with Crippen molar-refractivity contribution in [1.82, 2.24) is 10.3 Å². The van der Waals surface area contributed by atoms with Crippen molar-refractivity contribution in [2.24, 2.45) is 0 Å². The van der Waals surface area contributed by atoms with Gasteiger partial charge in [-0.15, -0.1) is 0 Å². The highest BCUT2D eigenvalue weighted by Gasteiger charge is 2.20. The molecule has 2 N–H and O–H groups in total. The molecule has 0 aliphatic carbocycles. The van der Waals surface area contributed by atoms with Crippen molar-refractivity contribution < 1.29 is 4.79 Å². The Morgan fingerprint density at radius 2 is 2.44 bits per heavy atom. The molecule has 0 spiro atoms. The highest BCUT2D eigenvalue weighted by atomic mass is 79.9. The van der Waals surface area contributed by atoms with E-state index in [1.807, 2.05) is 12.1 Å². The molecule has 1 aliphatic heterocycles. The van der Waals surface area contributed by atoms with Crippen LogP contribution in [-0.2, 0) is 4.79 Å². The van der Waals surface area contributed by atoms with Crippen LogP contribution in [0.1, 0.15) is 12.8 Å². The first-order valence-corrected chi connectivity index (χ1v) is 7.41. The lowest BCUT2D eigenvalue weighted by atomic mass is 10.2. The van der Waals surface area contributed by atoms with Crippen molar-refractivity contribution in [1.29, 1.82) is 0 Å². The van der Waals surface area contributed by atoms with Gasteiger partial charge in [-0.05, 0) is 24.6 Å². The number of nitrogens with one attached hydrogen (secondary N) is 2. The van der Waals surface area contributed by atoms with Gasteiger partial charge in [-0.25, -0.2) is 4.98 Å². The van der Waals surface area contributed by atoms with Crippen LogP contribution in [0, 0.1) is 0 Å². The van der Waals surface area contributed by atoms with E-state index in [0.29, 0.717) is 6.42 Å². The van der Waals surface area contributed by atoms with Crippen molar-refractivity contribution in [3.8, 4) is 0 Å². The Labute approximate surface area is 117 Å². The van der Waals surface area contributed by atoms with Crippen molar-refractivity contribution in [2.75, 3.05) is 11.9 Å². The quantitative estimate of drug-likeness (QED) is 0.912. The number of carbonyl (C=O) groups is 1. The molecule has 1 aromatic heterocycles. The molecular weight excluding hydrogens is 314 g/mol. The van der Waals surface area contributed by atoms with Crippen LogP contribution in [0.15, 0.2) is 22.7 Å². The number of rotatable bonds is 3. The minimum atomic E-state index is 0.148. The zero-order chi connectivity index (χ0) is 12.5. The Kier molecular flexibility index (Phi) is 3.22. The van der Waals surface area contributed by atoms with Gasteiger partial charge in [0.15, 0.2) is 5.13 Å². The first kappa shape index (κ1) is 11.9. The molecule has 0 radical (unpaired) electrons. The van der Waals surface area contributed by atoms with Gasteiger partial charge in [-0.2, -0.15) is 0 Å². The number of thiazole rings is 1. The number of halogens is 1. The van der Waals surface area contributed by atoms with Crippen LogP contribution in [0.25, 0.3) is 10.2 Å². The van der Waals surface area contributed by atoms with Gasteiger partial charge in [0, 0.05) is 23.5 Å². The first-order valence-electron chi connectivity index (χ1n) is 5.80. The van der Waals surface area contributed by atoms with Crippen LogP contribution >= 0.6 is 27.3 Å². The summed E-state index contributed by atoms with van der Waals surface area (Å²) in [6.07, 6.45) is 1.54. The Balaban J connectivity index is 1.69. The fraction of sp³-hybridized carbons (Fsp3) is 0.333. The van der Waals surface area contributed by atoms with Gasteiger partial charge < -0.3 is 10.6 Å². The Morgan fingerprint density at radius 3 is 3.22 bits per heavy atom. The van der Waals surface area contributed by atoms with Crippen LogP contribution < -0.4 is 10.6 Å². The minimum Gasteiger partial charge on any atom is -0.359 e. The van der Waals surface area contributed by atoms with E-state index in [1.54, 1.807) is 11.3 Å². The molecule has 2 aromatic rings. The molecule has 1 aromatic carbocycles. The lowest BCUT2D eigenvalue weighted by molar-refractivity contribution is -0.119. The Bertz CT molecular complexity index is 598. The van der Waals surface area contributed by atoms with Crippen LogP contribution in [0.3, 0.4) is 0 Å². The summed E-state index contributed by atoms with van der Waals surface area (Å²) < 4.78 is 2.20. The molecule has 6 heteroatoms. The van der Waals surface area contributed by atoms with Gasteiger partial charge >= 0.3 is 0 Å². The number of carbonyl (C=O) groups excluding carboxylic acids is 1. The number of nitrogens with zero attached hydrogens (tertiary/aromatic N) is 1. The van der Waals surface area contributed by atoms with Crippen LogP contribution in [-0.4, -0.2) is 23.5 Å². The average molecular weight is 326 g/mol. The molecule has 3 rings (SSSR count). The van der Waals surface area contributed by atoms with E-state index in [2.05, 4.69) is 37.6 Å². The first-order chi connectivity index (χ1) is 8.70. The minimum absolute atomic E-state index is 0.148. The highest BCUT2D eigenvalue weighted by Crippen LogP contribution is 2.28. The third kappa shape index (κ3) is 2.49. The molecule has 1 saturated heterocycles. The lowest BCUT2D eigenvalue weighted by Gasteiger charge is -2.09. The van der Waals surface area contributed by atoms with Gasteiger partial charge in [0.25, 0.3) is 0 Å². The summed E-state index contributed by atoms with van der Waals surface area (Å²) in [7, 11) is 0. The molecule has 1 fully saturated rings. The third-order valence-corrected chi connectivity index (χ3v) is 4.42. The normalized spacial score (nSPS) is 19.2. The molecule has 0 bridgehead atoms. The molecular formula is C12H12BrN3OS. The fourth-order valence-electron chi connectivity index (χ4n) is 2.02. The summed E-state index contributed by atoms with van der Waals surface area (Å²) >= 11 is 5.07. The summed E-state index contributed by atoms with van der Waals surface area (Å²) in [5, 5.41) is 7.14. The highest BCUT2D eigenvalue weighted by molar-refractivity contribution is 9.10. The summed E-state index contributed by atoms with van der Waals surface area (Å²) in [5.74, 6) is 0.148. The second-order valence-corrected chi connectivity index (χ2v) is 6.26. The SMILES string of the molecule is O=C1CCC(CNc2nc3cc(Br)ccc3s2)N1. The van der Waals surface area contributed by atoms with E-state index < -0.39 is 0 Å². The summed E-state index contributed by atoms with van der Waals surface area (Å²) in [5.41, 5.74) is 0.993. The van der Waals surface area contributed by atoms with E-state index >= 15 is 0 Å². The molecule has 1 aliphatic rings. The number of hydrogen-bond donors (Lipinski definition) is 2. The topological polar surface area (TPSA) is 54.0 Å². The fourth-order valence-corrected chi connectivity index (χ4v) is 3.22. The summed E-state index contributed by atoms with van der Waals surface area (Å²) in [4.78, 5) is 15.6. The molecule has 18 heavy (non-hydrogen) atoms. The van der Waals surface area contributed by atoms with Gasteiger partial charge in [0.2, 0.25) is 5.91 Å². The largest absolute Gasteiger partial charge is 0.359 e. The maximum absolute atomic E-state index is 11.1. The molecule has 0 saturated carbocycles. The van der Waals surface area contributed by atoms with Crippen molar-refractivity contribution in [3.63, 3.8) is 0 Å². The Hall–Kier alpha value is -1.14. The maximum Gasteiger partial charge on any atom is 0.220 e. The smallest absolute Gasteiger partial charge is 0.220 e.